The molecule has 1 fully saturated rings. The summed E-state index contributed by atoms with van der Waals surface area (Å²) >= 11 is 3.38. The van der Waals surface area contributed by atoms with Crippen LogP contribution in [0, 0.1) is 0 Å². The predicted molar refractivity (Wildman–Crippen MR) is 112 cm³/mol. The smallest absolute Gasteiger partial charge is 0.224 e. The monoisotopic (exact) mass is 470 g/mol. The van der Waals surface area contributed by atoms with Gasteiger partial charge in [0.1, 0.15) is 0 Å². The van der Waals surface area contributed by atoms with Gasteiger partial charge in [-0.05, 0) is 43.9 Å². The number of fused-ring (bicyclic) bond motifs is 1. The molecule has 0 aromatic heterocycles. The Morgan fingerprint density at radius 3 is 2.54 bits per heavy atom. The highest BCUT2D eigenvalue weighted by Gasteiger charge is 2.35. The molecule has 1 heterocycles. The Hall–Kier alpha value is -1.41. The van der Waals surface area contributed by atoms with E-state index in [0.717, 1.165) is 31.2 Å². The second kappa shape index (κ2) is 8.53. The van der Waals surface area contributed by atoms with Crippen molar-refractivity contribution in [2.45, 2.75) is 75.8 Å². The fourth-order valence-corrected chi connectivity index (χ4v) is 6.44. The standard InChI is InChI=1S/C20H27BrN2O4S/c1-13-10-15-11-16(21)12-18(20(15)23(13)14(2)24)28(26,27)9-8-19(25)22-17-6-4-3-5-7-17/h11-13,17H,3-10H2,1-2H3,(H,22,25). The van der Waals surface area contributed by atoms with E-state index in [1.807, 2.05) is 13.0 Å². The molecule has 1 N–H and O–H groups in total. The molecule has 1 unspecified atom stereocenters. The van der Waals surface area contributed by atoms with Crippen molar-refractivity contribution in [3.63, 3.8) is 0 Å². The van der Waals surface area contributed by atoms with E-state index in [1.165, 1.54) is 13.3 Å². The summed E-state index contributed by atoms with van der Waals surface area (Å²) in [6.07, 6.45) is 5.86. The number of benzene rings is 1. The summed E-state index contributed by atoms with van der Waals surface area (Å²) in [4.78, 5) is 26.1. The Kier molecular flexibility index (Phi) is 6.49. The second-order valence-corrected chi connectivity index (χ2v) is 10.8. The Morgan fingerprint density at radius 1 is 1.21 bits per heavy atom. The van der Waals surface area contributed by atoms with Gasteiger partial charge in [0.2, 0.25) is 11.8 Å². The van der Waals surface area contributed by atoms with Crippen LogP contribution in [0.15, 0.2) is 21.5 Å². The number of hydrogen-bond acceptors (Lipinski definition) is 4. The quantitative estimate of drug-likeness (QED) is 0.714. The van der Waals surface area contributed by atoms with Crippen molar-refractivity contribution in [3.8, 4) is 0 Å². The lowest BCUT2D eigenvalue weighted by Crippen LogP contribution is -2.37. The fourth-order valence-electron chi connectivity index (χ4n) is 4.28. The van der Waals surface area contributed by atoms with Crippen LogP contribution in [0.25, 0.3) is 0 Å². The lowest BCUT2D eigenvalue weighted by molar-refractivity contribution is -0.121. The Bertz CT molecular complexity index is 878. The molecule has 0 saturated heterocycles. The number of halogens is 1. The molecule has 2 aliphatic rings. The minimum Gasteiger partial charge on any atom is -0.353 e. The van der Waals surface area contributed by atoms with Crippen molar-refractivity contribution in [3.05, 3.63) is 22.2 Å². The molecule has 2 amide bonds. The highest BCUT2D eigenvalue weighted by Crippen LogP contribution is 2.40. The average Bonchev–Trinajstić information content (AvgIpc) is 2.95. The van der Waals surface area contributed by atoms with Gasteiger partial charge < -0.3 is 10.2 Å². The summed E-state index contributed by atoms with van der Waals surface area (Å²) in [6, 6.07) is 3.48. The van der Waals surface area contributed by atoms with Gasteiger partial charge in [-0.2, -0.15) is 0 Å². The van der Waals surface area contributed by atoms with Crippen molar-refractivity contribution in [2.24, 2.45) is 0 Å². The maximum atomic E-state index is 13.1. The number of carbonyl (C=O) groups is 2. The molecule has 1 aliphatic carbocycles. The van der Waals surface area contributed by atoms with Crippen LogP contribution in [0.4, 0.5) is 5.69 Å². The third-order valence-corrected chi connectivity index (χ3v) is 7.74. The van der Waals surface area contributed by atoms with Crippen LogP contribution in [-0.4, -0.2) is 38.1 Å². The maximum Gasteiger partial charge on any atom is 0.224 e. The lowest BCUT2D eigenvalue weighted by atomic mass is 9.95. The molecule has 0 bridgehead atoms. The summed E-state index contributed by atoms with van der Waals surface area (Å²) in [6.45, 7) is 3.35. The number of carbonyl (C=O) groups excluding carboxylic acids is 2. The van der Waals surface area contributed by atoms with Gasteiger partial charge in [-0.15, -0.1) is 0 Å². The van der Waals surface area contributed by atoms with Gasteiger partial charge in [0.05, 0.1) is 16.3 Å². The van der Waals surface area contributed by atoms with Crippen molar-refractivity contribution < 1.29 is 18.0 Å². The van der Waals surface area contributed by atoms with E-state index >= 15 is 0 Å². The Labute approximate surface area is 175 Å². The van der Waals surface area contributed by atoms with Crippen LogP contribution in [0.1, 0.15) is 57.9 Å². The molecule has 3 rings (SSSR count). The first kappa shape index (κ1) is 21.3. The van der Waals surface area contributed by atoms with Crippen molar-refractivity contribution in [1.82, 2.24) is 5.32 Å². The van der Waals surface area contributed by atoms with E-state index in [9.17, 15) is 18.0 Å². The Balaban J connectivity index is 1.79. The molecule has 6 nitrogen and oxygen atoms in total. The van der Waals surface area contributed by atoms with Crippen LogP contribution in [0.5, 0.6) is 0 Å². The van der Waals surface area contributed by atoms with E-state index < -0.39 is 9.84 Å². The number of anilines is 1. The van der Waals surface area contributed by atoms with Crippen LogP contribution < -0.4 is 10.2 Å². The molecule has 1 saturated carbocycles. The van der Waals surface area contributed by atoms with E-state index in [2.05, 4.69) is 21.2 Å². The molecular formula is C20H27BrN2O4S. The van der Waals surface area contributed by atoms with Gasteiger partial charge in [-0.25, -0.2) is 8.42 Å². The first-order valence-electron chi connectivity index (χ1n) is 9.83. The molecule has 1 atom stereocenters. The molecule has 154 valence electrons. The van der Waals surface area contributed by atoms with Gasteiger partial charge in [0.25, 0.3) is 0 Å². The van der Waals surface area contributed by atoms with E-state index in [-0.39, 0.29) is 41.0 Å². The number of rotatable bonds is 5. The minimum absolute atomic E-state index is 0.0737. The largest absolute Gasteiger partial charge is 0.353 e. The van der Waals surface area contributed by atoms with Crippen LogP contribution in [-0.2, 0) is 25.8 Å². The molecule has 8 heteroatoms. The van der Waals surface area contributed by atoms with E-state index in [4.69, 9.17) is 0 Å². The molecule has 28 heavy (non-hydrogen) atoms. The maximum absolute atomic E-state index is 13.1. The highest BCUT2D eigenvalue weighted by molar-refractivity contribution is 9.10. The summed E-state index contributed by atoms with van der Waals surface area (Å²) in [5.41, 5.74) is 1.30. The van der Waals surface area contributed by atoms with Crippen LogP contribution >= 0.6 is 15.9 Å². The zero-order valence-electron chi connectivity index (χ0n) is 16.3. The average molecular weight is 471 g/mol. The van der Waals surface area contributed by atoms with E-state index in [0.29, 0.717) is 16.6 Å². The highest BCUT2D eigenvalue weighted by atomic mass is 79.9. The first-order chi connectivity index (χ1) is 13.2. The van der Waals surface area contributed by atoms with Gasteiger partial charge in [0.15, 0.2) is 9.84 Å². The molecule has 0 radical (unpaired) electrons. The summed E-state index contributed by atoms with van der Waals surface area (Å²) in [5.74, 6) is -0.673. The third kappa shape index (κ3) is 4.59. The van der Waals surface area contributed by atoms with Gasteiger partial charge in [-0.1, -0.05) is 35.2 Å². The topological polar surface area (TPSA) is 83.6 Å². The zero-order valence-corrected chi connectivity index (χ0v) is 18.7. The molecule has 1 aliphatic heterocycles. The van der Waals surface area contributed by atoms with Crippen molar-refractivity contribution in [1.29, 1.82) is 0 Å². The number of nitrogens with zero attached hydrogens (tertiary/aromatic N) is 1. The molecule has 1 aromatic rings. The molecular weight excluding hydrogens is 444 g/mol. The van der Waals surface area contributed by atoms with Crippen LogP contribution in [0.2, 0.25) is 0 Å². The van der Waals surface area contributed by atoms with Gasteiger partial charge in [-0.3, -0.25) is 9.59 Å². The zero-order chi connectivity index (χ0) is 20.5. The number of sulfone groups is 1. The molecule has 0 spiro atoms. The fraction of sp³-hybridized carbons (Fsp3) is 0.600. The lowest BCUT2D eigenvalue weighted by Gasteiger charge is -2.24. The van der Waals surface area contributed by atoms with Crippen molar-refractivity contribution in [2.75, 3.05) is 10.7 Å². The summed E-state index contributed by atoms with van der Waals surface area (Å²) in [5, 5.41) is 2.96. The second-order valence-electron chi connectivity index (χ2n) is 7.83. The van der Waals surface area contributed by atoms with E-state index in [1.54, 1.807) is 11.0 Å². The van der Waals surface area contributed by atoms with Gasteiger partial charge in [0, 0.05) is 29.9 Å². The summed E-state index contributed by atoms with van der Waals surface area (Å²) in [7, 11) is -3.72. The molecule has 1 aromatic carbocycles. The summed E-state index contributed by atoms with van der Waals surface area (Å²) < 4.78 is 26.8. The number of amides is 2. The SMILES string of the molecule is CC(=O)N1c2c(cc(Br)cc2S(=O)(=O)CCC(=O)NC2CCCCC2)CC1C. The number of hydrogen-bond donors (Lipinski definition) is 1. The first-order valence-corrected chi connectivity index (χ1v) is 12.3. The predicted octanol–water partition coefficient (Wildman–Crippen LogP) is 3.36. The minimum atomic E-state index is -3.72. The number of nitrogens with one attached hydrogen (secondary N) is 1. The van der Waals surface area contributed by atoms with Gasteiger partial charge >= 0.3 is 0 Å². The normalized spacial score (nSPS) is 20.1. The van der Waals surface area contributed by atoms with Crippen molar-refractivity contribution >= 4 is 43.3 Å². The Morgan fingerprint density at radius 2 is 1.89 bits per heavy atom. The van der Waals surface area contributed by atoms with Crippen LogP contribution in [0.3, 0.4) is 0 Å². The third-order valence-electron chi connectivity index (χ3n) is 5.56.